The number of carbonyl (C=O) groups is 1. The Hall–Kier alpha value is -2.28. The number of aromatic nitrogens is 3. The van der Waals surface area contributed by atoms with Crippen molar-refractivity contribution < 1.29 is 9.18 Å². The maximum absolute atomic E-state index is 13.4. The summed E-state index contributed by atoms with van der Waals surface area (Å²) in [6.45, 7) is 2.73. The van der Waals surface area contributed by atoms with Crippen LogP contribution in [0, 0.1) is 12.7 Å². The van der Waals surface area contributed by atoms with Crippen molar-refractivity contribution in [3.8, 4) is 0 Å². The van der Waals surface area contributed by atoms with Crippen LogP contribution >= 0.6 is 11.3 Å². The normalized spacial score (nSPS) is 17.8. The van der Waals surface area contributed by atoms with Crippen molar-refractivity contribution in [3.63, 3.8) is 0 Å². The van der Waals surface area contributed by atoms with Crippen LogP contribution in [0.25, 0.3) is 11.0 Å². The number of imidazole rings is 1. The van der Waals surface area contributed by atoms with Crippen LogP contribution in [0.3, 0.4) is 0 Å². The lowest BCUT2D eigenvalue weighted by molar-refractivity contribution is -0.135. The van der Waals surface area contributed by atoms with Gasteiger partial charge in [-0.1, -0.05) is 0 Å². The van der Waals surface area contributed by atoms with Gasteiger partial charge in [-0.25, -0.2) is 14.4 Å². The van der Waals surface area contributed by atoms with Gasteiger partial charge in [-0.05, 0) is 50.8 Å². The maximum Gasteiger partial charge on any atom is 0.223 e. The number of carbonyl (C=O) groups excluding carboxylic acids is 1. The van der Waals surface area contributed by atoms with Gasteiger partial charge in [0.1, 0.15) is 11.6 Å². The molecule has 0 saturated carbocycles. The summed E-state index contributed by atoms with van der Waals surface area (Å²) in [6, 6.07) is 4.47. The van der Waals surface area contributed by atoms with Gasteiger partial charge >= 0.3 is 0 Å². The number of nitrogens with one attached hydrogen (secondary N) is 1. The lowest BCUT2D eigenvalue weighted by atomic mass is 10.0. The van der Waals surface area contributed by atoms with Gasteiger partial charge in [-0.3, -0.25) is 4.79 Å². The minimum atomic E-state index is -0.288. The van der Waals surface area contributed by atoms with Gasteiger partial charge in [0.15, 0.2) is 0 Å². The molecule has 1 N–H and O–H groups in total. The van der Waals surface area contributed by atoms with E-state index in [0.717, 1.165) is 49.3 Å². The van der Waals surface area contributed by atoms with Crippen LogP contribution in [-0.2, 0) is 11.2 Å². The van der Waals surface area contributed by atoms with Crippen LogP contribution in [0.15, 0.2) is 23.7 Å². The molecule has 4 rings (SSSR count). The average molecular weight is 372 g/mol. The fourth-order valence-electron chi connectivity index (χ4n) is 3.60. The molecule has 1 fully saturated rings. The van der Waals surface area contributed by atoms with Crippen LogP contribution in [0.4, 0.5) is 4.39 Å². The summed E-state index contributed by atoms with van der Waals surface area (Å²) in [7, 11) is 0. The van der Waals surface area contributed by atoms with Crippen molar-refractivity contribution in [2.45, 2.75) is 45.1 Å². The molecule has 1 amide bonds. The van der Waals surface area contributed by atoms with E-state index in [4.69, 9.17) is 0 Å². The Morgan fingerprint density at radius 1 is 1.42 bits per heavy atom. The molecule has 1 aromatic carbocycles. The van der Waals surface area contributed by atoms with Crippen molar-refractivity contribution >= 4 is 28.3 Å². The smallest absolute Gasteiger partial charge is 0.223 e. The van der Waals surface area contributed by atoms with Gasteiger partial charge in [0.05, 0.1) is 28.3 Å². The summed E-state index contributed by atoms with van der Waals surface area (Å²) < 4.78 is 13.4. The Balaban J connectivity index is 1.53. The number of hydrogen-bond donors (Lipinski definition) is 1. The van der Waals surface area contributed by atoms with Crippen molar-refractivity contribution in [3.05, 3.63) is 45.9 Å². The first-order valence-electron chi connectivity index (χ1n) is 8.95. The van der Waals surface area contributed by atoms with E-state index in [1.165, 1.54) is 17.0 Å². The SMILES string of the molecule is Cc1ncsc1CCC(=O)N1CCCCC1c1nc2ccc(F)cc2[nH]1. The van der Waals surface area contributed by atoms with Crippen LogP contribution < -0.4 is 0 Å². The molecule has 5 nitrogen and oxygen atoms in total. The largest absolute Gasteiger partial charge is 0.340 e. The first-order chi connectivity index (χ1) is 12.6. The highest BCUT2D eigenvalue weighted by Gasteiger charge is 2.30. The predicted molar refractivity (Wildman–Crippen MR) is 99.5 cm³/mol. The summed E-state index contributed by atoms with van der Waals surface area (Å²) in [6.07, 6.45) is 4.16. The molecular weight excluding hydrogens is 351 g/mol. The highest BCUT2D eigenvalue weighted by Crippen LogP contribution is 2.31. The lowest BCUT2D eigenvalue weighted by Gasteiger charge is -2.34. The fraction of sp³-hybridized carbons (Fsp3) is 0.421. The van der Waals surface area contributed by atoms with E-state index < -0.39 is 0 Å². The molecule has 1 atom stereocenters. The number of likely N-dealkylation sites (tertiary alicyclic amines) is 1. The predicted octanol–water partition coefficient (Wildman–Crippen LogP) is 4.15. The number of fused-ring (bicyclic) bond motifs is 1. The van der Waals surface area contributed by atoms with E-state index in [1.54, 1.807) is 17.4 Å². The van der Waals surface area contributed by atoms with Crippen LogP contribution in [-0.4, -0.2) is 32.3 Å². The number of benzene rings is 1. The Morgan fingerprint density at radius 2 is 2.31 bits per heavy atom. The summed E-state index contributed by atoms with van der Waals surface area (Å²) in [5.41, 5.74) is 4.25. The zero-order valence-electron chi connectivity index (χ0n) is 14.7. The first-order valence-corrected chi connectivity index (χ1v) is 9.83. The third kappa shape index (κ3) is 3.35. The molecule has 0 radical (unpaired) electrons. The van der Waals surface area contributed by atoms with Crippen LogP contribution in [0.1, 0.15) is 48.1 Å². The molecular formula is C19H21FN4OS. The van der Waals surface area contributed by atoms with Gasteiger partial charge in [-0.2, -0.15) is 0 Å². The minimum absolute atomic E-state index is 0.0609. The molecule has 1 saturated heterocycles. The highest BCUT2D eigenvalue weighted by atomic mass is 32.1. The summed E-state index contributed by atoms with van der Waals surface area (Å²) in [5.74, 6) is 0.617. The van der Waals surface area contributed by atoms with Crippen molar-refractivity contribution in [1.82, 2.24) is 19.9 Å². The third-order valence-electron chi connectivity index (χ3n) is 5.01. The molecule has 3 heterocycles. The van der Waals surface area contributed by atoms with E-state index >= 15 is 0 Å². The number of piperidine rings is 1. The quantitative estimate of drug-likeness (QED) is 0.748. The van der Waals surface area contributed by atoms with Gasteiger partial charge in [-0.15, -0.1) is 11.3 Å². The van der Waals surface area contributed by atoms with Gasteiger partial charge in [0.25, 0.3) is 0 Å². The van der Waals surface area contributed by atoms with Crippen molar-refractivity contribution in [1.29, 1.82) is 0 Å². The summed E-state index contributed by atoms with van der Waals surface area (Å²) >= 11 is 1.60. The zero-order chi connectivity index (χ0) is 18.1. The second kappa shape index (κ2) is 7.15. The molecule has 0 bridgehead atoms. The summed E-state index contributed by atoms with van der Waals surface area (Å²) in [5, 5.41) is 0. The zero-order valence-corrected chi connectivity index (χ0v) is 15.5. The Kier molecular flexibility index (Phi) is 4.72. The maximum atomic E-state index is 13.4. The Labute approximate surface area is 155 Å². The molecule has 136 valence electrons. The monoisotopic (exact) mass is 372 g/mol. The number of H-pyrrole nitrogens is 1. The second-order valence-corrected chi connectivity index (χ2v) is 7.68. The van der Waals surface area contributed by atoms with Gasteiger partial charge in [0, 0.05) is 17.8 Å². The molecule has 0 spiro atoms. The second-order valence-electron chi connectivity index (χ2n) is 6.74. The van der Waals surface area contributed by atoms with E-state index in [0.29, 0.717) is 11.9 Å². The average Bonchev–Trinajstić information content (AvgIpc) is 3.25. The molecule has 7 heteroatoms. The number of nitrogens with zero attached hydrogens (tertiary/aromatic N) is 3. The van der Waals surface area contributed by atoms with Gasteiger partial charge < -0.3 is 9.88 Å². The molecule has 0 aliphatic carbocycles. The van der Waals surface area contributed by atoms with Crippen LogP contribution in [0.5, 0.6) is 0 Å². The number of rotatable bonds is 4. The summed E-state index contributed by atoms with van der Waals surface area (Å²) in [4.78, 5) is 28.1. The number of hydrogen-bond acceptors (Lipinski definition) is 4. The fourth-order valence-corrected chi connectivity index (χ4v) is 4.39. The third-order valence-corrected chi connectivity index (χ3v) is 6.01. The lowest BCUT2D eigenvalue weighted by Crippen LogP contribution is -2.39. The first kappa shape index (κ1) is 17.1. The Morgan fingerprint density at radius 3 is 3.12 bits per heavy atom. The number of amides is 1. The van der Waals surface area contributed by atoms with Crippen LogP contribution in [0.2, 0.25) is 0 Å². The topological polar surface area (TPSA) is 61.9 Å². The minimum Gasteiger partial charge on any atom is -0.340 e. The Bertz CT molecular complexity index is 935. The molecule has 1 aliphatic heterocycles. The highest BCUT2D eigenvalue weighted by molar-refractivity contribution is 7.09. The van der Waals surface area contributed by atoms with Crippen molar-refractivity contribution in [2.75, 3.05) is 6.54 Å². The number of aromatic amines is 1. The number of aryl methyl sites for hydroxylation is 2. The molecule has 1 unspecified atom stereocenters. The molecule has 2 aromatic heterocycles. The van der Waals surface area contributed by atoms with E-state index in [9.17, 15) is 9.18 Å². The standard InChI is InChI=1S/C19H21FN4OS/c1-12-17(26-11-21-12)7-8-18(25)24-9-3-2-4-16(24)19-22-14-6-5-13(20)10-15(14)23-19/h5-6,10-11,16H,2-4,7-9H2,1H3,(H,22,23). The molecule has 26 heavy (non-hydrogen) atoms. The molecule has 1 aliphatic rings. The van der Waals surface area contributed by atoms with E-state index in [-0.39, 0.29) is 17.8 Å². The molecule has 3 aromatic rings. The van der Waals surface area contributed by atoms with Gasteiger partial charge in [0.2, 0.25) is 5.91 Å². The van der Waals surface area contributed by atoms with E-state index in [1.807, 2.05) is 17.3 Å². The van der Waals surface area contributed by atoms with Crippen molar-refractivity contribution in [2.24, 2.45) is 0 Å². The number of thiazole rings is 1. The van der Waals surface area contributed by atoms with E-state index in [2.05, 4.69) is 15.0 Å². The number of halogens is 1.